The van der Waals surface area contributed by atoms with Crippen LogP contribution in [0.15, 0.2) is 29.3 Å². The Kier molecular flexibility index (Phi) is 6.40. The first kappa shape index (κ1) is 17.3. The van der Waals surface area contributed by atoms with E-state index in [4.69, 9.17) is 10.5 Å². The van der Waals surface area contributed by atoms with Crippen LogP contribution in [-0.4, -0.2) is 31.1 Å². The number of carbonyl (C=O) groups is 1. The summed E-state index contributed by atoms with van der Waals surface area (Å²) < 4.78 is 5.38. The van der Waals surface area contributed by atoms with Gasteiger partial charge < -0.3 is 21.1 Å². The molecule has 4 N–H and O–H groups in total. The van der Waals surface area contributed by atoms with E-state index in [1.165, 1.54) is 0 Å². The number of ether oxygens (including phenoxy) is 1. The Balaban J connectivity index is 1.88. The van der Waals surface area contributed by atoms with Gasteiger partial charge in [-0.05, 0) is 36.5 Å². The van der Waals surface area contributed by atoms with Gasteiger partial charge in [-0.25, -0.2) is 4.99 Å². The minimum absolute atomic E-state index is 0.0822. The summed E-state index contributed by atoms with van der Waals surface area (Å²) in [6.45, 7) is 6.16. The van der Waals surface area contributed by atoms with E-state index in [0.29, 0.717) is 25.0 Å². The molecule has 6 heteroatoms. The summed E-state index contributed by atoms with van der Waals surface area (Å²) in [7, 11) is 0. The van der Waals surface area contributed by atoms with Gasteiger partial charge in [-0.1, -0.05) is 26.0 Å². The van der Waals surface area contributed by atoms with Crippen LogP contribution in [0.1, 0.15) is 32.3 Å². The molecule has 1 aromatic carbocycles. The molecule has 0 bridgehead atoms. The zero-order chi connectivity index (χ0) is 16.7. The van der Waals surface area contributed by atoms with Crippen LogP contribution in [0.2, 0.25) is 0 Å². The molecule has 1 unspecified atom stereocenters. The third-order valence-electron chi connectivity index (χ3n) is 3.54. The number of nitrogens with zero attached hydrogens (tertiary/aromatic N) is 1. The fourth-order valence-corrected chi connectivity index (χ4v) is 2.30. The number of aliphatic imine (C=N–C) groups is 1. The number of nitrogens with one attached hydrogen (secondary N) is 2. The minimum atomic E-state index is -0.326. The number of hydrogen-bond acceptors (Lipinski definition) is 3. The molecule has 23 heavy (non-hydrogen) atoms. The van der Waals surface area contributed by atoms with Crippen molar-refractivity contribution in [1.82, 2.24) is 5.32 Å². The Hall–Kier alpha value is -2.08. The van der Waals surface area contributed by atoms with Crippen LogP contribution in [0.3, 0.4) is 0 Å². The van der Waals surface area contributed by atoms with E-state index in [-0.39, 0.29) is 12.0 Å². The van der Waals surface area contributed by atoms with Gasteiger partial charge in [0, 0.05) is 18.8 Å². The molecular formula is C17H26N4O2. The molecule has 1 heterocycles. The number of guanidine groups is 1. The fourth-order valence-electron chi connectivity index (χ4n) is 2.30. The lowest BCUT2D eigenvalue weighted by atomic mass is 10.2. The quantitative estimate of drug-likeness (QED) is 0.552. The van der Waals surface area contributed by atoms with E-state index in [1.807, 2.05) is 24.3 Å². The van der Waals surface area contributed by atoms with Crippen molar-refractivity contribution in [3.63, 3.8) is 0 Å². The van der Waals surface area contributed by atoms with E-state index >= 15 is 0 Å². The second kappa shape index (κ2) is 8.53. The highest BCUT2D eigenvalue weighted by Crippen LogP contribution is 2.16. The van der Waals surface area contributed by atoms with Gasteiger partial charge in [-0.15, -0.1) is 0 Å². The van der Waals surface area contributed by atoms with Crippen LogP contribution in [-0.2, 0) is 16.1 Å². The van der Waals surface area contributed by atoms with Crippen molar-refractivity contribution in [1.29, 1.82) is 0 Å². The van der Waals surface area contributed by atoms with Crippen molar-refractivity contribution in [2.75, 3.05) is 18.5 Å². The predicted molar refractivity (Wildman–Crippen MR) is 92.2 cm³/mol. The number of amides is 1. The van der Waals surface area contributed by atoms with Gasteiger partial charge in [0.05, 0.1) is 6.54 Å². The smallest absolute Gasteiger partial charge is 0.253 e. The Bertz CT molecular complexity index is 551. The molecule has 1 aliphatic heterocycles. The summed E-state index contributed by atoms with van der Waals surface area (Å²) in [5.41, 5.74) is 7.57. The van der Waals surface area contributed by atoms with Crippen molar-refractivity contribution in [3.8, 4) is 0 Å². The van der Waals surface area contributed by atoms with Crippen LogP contribution >= 0.6 is 0 Å². The normalized spacial score (nSPS) is 18.2. The molecule has 1 aliphatic rings. The maximum Gasteiger partial charge on any atom is 0.253 e. The molecule has 1 fully saturated rings. The molecule has 0 radical (unpaired) electrons. The Labute approximate surface area is 137 Å². The van der Waals surface area contributed by atoms with Crippen molar-refractivity contribution < 1.29 is 9.53 Å². The van der Waals surface area contributed by atoms with Crippen LogP contribution < -0.4 is 16.4 Å². The van der Waals surface area contributed by atoms with E-state index in [2.05, 4.69) is 29.5 Å². The summed E-state index contributed by atoms with van der Waals surface area (Å²) in [4.78, 5) is 16.4. The van der Waals surface area contributed by atoms with Crippen molar-refractivity contribution in [2.45, 2.75) is 39.3 Å². The predicted octanol–water partition coefficient (Wildman–Crippen LogP) is 1.86. The van der Waals surface area contributed by atoms with Crippen LogP contribution in [0.25, 0.3) is 0 Å². The Morgan fingerprint density at radius 3 is 3.00 bits per heavy atom. The fraction of sp³-hybridized carbons (Fsp3) is 0.529. The summed E-state index contributed by atoms with van der Waals surface area (Å²) in [6, 6.07) is 7.63. The number of benzene rings is 1. The second-order valence-electron chi connectivity index (χ2n) is 6.17. The van der Waals surface area contributed by atoms with Crippen molar-refractivity contribution in [3.05, 3.63) is 29.8 Å². The first-order chi connectivity index (χ1) is 11.0. The lowest BCUT2D eigenvalue weighted by molar-refractivity contribution is -0.124. The highest BCUT2D eigenvalue weighted by atomic mass is 16.5. The molecule has 1 amide bonds. The molecule has 1 atom stereocenters. The average molecular weight is 318 g/mol. The van der Waals surface area contributed by atoms with Gasteiger partial charge in [0.25, 0.3) is 5.91 Å². The van der Waals surface area contributed by atoms with Crippen LogP contribution in [0.4, 0.5) is 5.69 Å². The highest BCUT2D eigenvalue weighted by Gasteiger charge is 2.23. The van der Waals surface area contributed by atoms with Gasteiger partial charge in [0.15, 0.2) is 5.96 Å². The summed E-state index contributed by atoms with van der Waals surface area (Å²) in [6.07, 6.45) is 1.40. The zero-order valence-corrected chi connectivity index (χ0v) is 13.8. The maximum atomic E-state index is 12.0. The van der Waals surface area contributed by atoms with Gasteiger partial charge >= 0.3 is 0 Å². The van der Waals surface area contributed by atoms with Gasteiger partial charge in [0.1, 0.15) is 6.10 Å². The van der Waals surface area contributed by atoms with Crippen molar-refractivity contribution >= 4 is 17.6 Å². The number of rotatable bonds is 6. The number of hydrogen-bond donors (Lipinski definition) is 3. The SMILES string of the molecule is CC(C)CNC(N)=NCc1cccc(NC(=O)C2CCCO2)c1. The monoisotopic (exact) mass is 318 g/mol. The standard InChI is InChI=1S/C17H26N4O2/c1-12(2)10-19-17(18)20-11-13-5-3-6-14(9-13)21-16(22)15-7-4-8-23-15/h3,5-6,9,12,15H,4,7-8,10-11H2,1-2H3,(H,21,22)(H3,18,19,20). The minimum Gasteiger partial charge on any atom is -0.370 e. The molecule has 1 aromatic rings. The molecule has 1 saturated heterocycles. The molecule has 6 nitrogen and oxygen atoms in total. The summed E-state index contributed by atoms with van der Waals surface area (Å²) >= 11 is 0. The van der Waals surface area contributed by atoms with Gasteiger partial charge in [-0.2, -0.15) is 0 Å². The summed E-state index contributed by atoms with van der Waals surface area (Å²) in [5, 5.41) is 5.97. The maximum absolute atomic E-state index is 12.0. The first-order valence-corrected chi connectivity index (χ1v) is 8.10. The highest BCUT2D eigenvalue weighted by molar-refractivity contribution is 5.94. The molecule has 2 rings (SSSR count). The molecule has 126 valence electrons. The van der Waals surface area contributed by atoms with Gasteiger partial charge in [-0.3, -0.25) is 4.79 Å². The lowest BCUT2D eigenvalue weighted by Gasteiger charge is -2.11. The molecule has 0 aliphatic carbocycles. The second-order valence-corrected chi connectivity index (χ2v) is 6.17. The van der Waals surface area contributed by atoms with Crippen LogP contribution in [0, 0.1) is 5.92 Å². The zero-order valence-electron chi connectivity index (χ0n) is 13.8. The Morgan fingerprint density at radius 2 is 2.30 bits per heavy atom. The van der Waals surface area contributed by atoms with Crippen molar-refractivity contribution in [2.24, 2.45) is 16.6 Å². The van der Waals surface area contributed by atoms with E-state index in [1.54, 1.807) is 0 Å². The van der Waals surface area contributed by atoms with E-state index in [9.17, 15) is 4.79 Å². The number of carbonyl (C=O) groups excluding carboxylic acids is 1. The number of nitrogens with two attached hydrogens (primary N) is 1. The molecular weight excluding hydrogens is 292 g/mol. The summed E-state index contributed by atoms with van der Waals surface area (Å²) in [5.74, 6) is 0.869. The average Bonchev–Trinajstić information content (AvgIpc) is 3.06. The molecule has 0 spiro atoms. The Morgan fingerprint density at radius 1 is 1.48 bits per heavy atom. The largest absolute Gasteiger partial charge is 0.370 e. The number of anilines is 1. The van der Waals surface area contributed by atoms with Gasteiger partial charge in [0.2, 0.25) is 0 Å². The lowest BCUT2D eigenvalue weighted by Crippen LogP contribution is -2.34. The van der Waals surface area contributed by atoms with Crippen LogP contribution in [0.5, 0.6) is 0 Å². The van der Waals surface area contributed by atoms with E-state index < -0.39 is 0 Å². The molecule has 0 saturated carbocycles. The van der Waals surface area contributed by atoms with E-state index in [0.717, 1.165) is 30.6 Å². The molecule has 0 aromatic heterocycles. The third kappa shape index (κ3) is 5.90. The third-order valence-corrected chi connectivity index (χ3v) is 3.54. The topological polar surface area (TPSA) is 88.7 Å². The first-order valence-electron chi connectivity index (χ1n) is 8.10.